The predicted octanol–water partition coefficient (Wildman–Crippen LogP) is 4.76. The fourth-order valence-corrected chi connectivity index (χ4v) is 4.46. The van der Waals surface area contributed by atoms with E-state index in [1.54, 1.807) is 29.2 Å². The fourth-order valence-electron chi connectivity index (χ4n) is 4.46. The normalized spacial score (nSPS) is 17.4. The Kier molecular flexibility index (Phi) is 8.11. The molecule has 3 aromatic carbocycles. The molecule has 1 aliphatic carbocycles. The van der Waals surface area contributed by atoms with Crippen LogP contribution in [0.5, 0.6) is 5.75 Å². The molecule has 0 heterocycles. The molecule has 3 aromatic rings. The molecule has 3 N–H and O–H groups in total. The van der Waals surface area contributed by atoms with Gasteiger partial charge in [0.15, 0.2) is 6.61 Å². The van der Waals surface area contributed by atoms with E-state index in [2.05, 4.69) is 5.32 Å². The van der Waals surface area contributed by atoms with Crippen LogP contribution in [-0.4, -0.2) is 35.4 Å². The zero-order valence-corrected chi connectivity index (χ0v) is 19.5. The molecule has 1 aliphatic rings. The quantitative estimate of drug-likeness (QED) is 0.492. The molecule has 2 amide bonds. The van der Waals surface area contributed by atoms with Crippen molar-refractivity contribution < 1.29 is 18.7 Å². The van der Waals surface area contributed by atoms with Gasteiger partial charge < -0.3 is 20.7 Å². The van der Waals surface area contributed by atoms with Crippen LogP contribution in [-0.2, 0) is 11.3 Å². The highest BCUT2D eigenvalue weighted by atomic mass is 19.1. The van der Waals surface area contributed by atoms with E-state index in [-0.39, 0.29) is 30.5 Å². The van der Waals surface area contributed by atoms with Crippen LogP contribution in [0, 0.1) is 5.82 Å². The molecule has 0 aliphatic heterocycles. The molecule has 6 nitrogen and oxygen atoms in total. The van der Waals surface area contributed by atoms with Crippen LogP contribution in [0.4, 0.5) is 10.1 Å². The average Bonchev–Trinajstić information content (AvgIpc) is 2.87. The molecule has 0 saturated heterocycles. The zero-order valence-electron chi connectivity index (χ0n) is 19.5. The maximum atomic E-state index is 13.8. The molecular formula is C28H30FN3O3. The lowest BCUT2D eigenvalue weighted by Crippen LogP contribution is -2.51. The molecule has 182 valence electrons. The minimum absolute atomic E-state index is 0.116. The zero-order chi connectivity index (χ0) is 24.6. The Morgan fingerprint density at radius 3 is 2.51 bits per heavy atom. The second kappa shape index (κ2) is 11.6. The number of carbonyl (C=O) groups excluding carboxylic acids is 2. The number of carbonyl (C=O) groups is 2. The molecular weight excluding hydrogens is 445 g/mol. The Labute approximate surface area is 204 Å². The molecule has 35 heavy (non-hydrogen) atoms. The van der Waals surface area contributed by atoms with Crippen LogP contribution in [0.25, 0.3) is 0 Å². The Morgan fingerprint density at radius 2 is 1.74 bits per heavy atom. The molecule has 2 unspecified atom stereocenters. The summed E-state index contributed by atoms with van der Waals surface area (Å²) in [5.41, 5.74) is 8.16. The van der Waals surface area contributed by atoms with Gasteiger partial charge in [-0.2, -0.15) is 0 Å². The van der Waals surface area contributed by atoms with Gasteiger partial charge in [-0.15, -0.1) is 0 Å². The van der Waals surface area contributed by atoms with E-state index in [9.17, 15) is 14.0 Å². The number of nitrogens with one attached hydrogen (secondary N) is 1. The molecule has 0 aromatic heterocycles. The van der Waals surface area contributed by atoms with Crippen LogP contribution >= 0.6 is 0 Å². The van der Waals surface area contributed by atoms with Crippen molar-refractivity contribution in [3.8, 4) is 5.75 Å². The van der Waals surface area contributed by atoms with Gasteiger partial charge in [-0.05, 0) is 60.9 Å². The van der Waals surface area contributed by atoms with E-state index < -0.39 is 5.82 Å². The summed E-state index contributed by atoms with van der Waals surface area (Å²) in [5, 5.41) is 2.84. The number of hydrogen-bond acceptors (Lipinski definition) is 4. The average molecular weight is 476 g/mol. The number of nitrogens with zero attached hydrogens (tertiary/aromatic N) is 1. The summed E-state index contributed by atoms with van der Waals surface area (Å²) in [4.78, 5) is 27.6. The SMILES string of the molecule is NC1CCCCC1N(Cc1cccc(NC(=O)COc2ccccc2)c1)C(=O)c1cccc(F)c1. The first-order chi connectivity index (χ1) is 17.0. The van der Waals surface area contributed by atoms with Crippen molar-refractivity contribution in [2.24, 2.45) is 5.73 Å². The number of ether oxygens (including phenoxy) is 1. The lowest BCUT2D eigenvalue weighted by Gasteiger charge is -2.38. The van der Waals surface area contributed by atoms with Gasteiger partial charge in [-0.25, -0.2) is 4.39 Å². The van der Waals surface area contributed by atoms with Crippen LogP contribution in [0.15, 0.2) is 78.9 Å². The van der Waals surface area contributed by atoms with Gasteiger partial charge in [-0.3, -0.25) is 9.59 Å². The first-order valence-corrected chi connectivity index (χ1v) is 11.9. The molecule has 0 spiro atoms. The highest BCUT2D eigenvalue weighted by Crippen LogP contribution is 2.26. The van der Waals surface area contributed by atoms with Gasteiger partial charge in [-0.1, -0.05) is 49.2 Å². The summed E-state index contributed by atoms with van der Waals surface area (Å²) in [6.45, 7) is 0.188. The number of para-hydroxylation sites is 1. The third kappa shape index (κ3) is 6.67. The van der Waals surface area contributed by atoms with Crippen LogP contribution < -0.4 is 15.8 Å². The topological polar surface area (TPSA) is 84.7 Å². The van der Waals surface area contributed by atoms with Crippen molar-refractivity contribution in [3.05, 3.63) is 95.8 Å². The minimum atomic E-state index is -0.453. The highest BCUT2D eigenvalue weighted by Gasteiger charge is 2.31. The van der Waals surface area contributed by atoms with Gasteiger partial charge in [0.2, 0.25) is 0 Å². The van der Waals surface area contributed by atoms with E-state index in [0.29, 0.717) is 23.5 Å². The van der Waals surface area contributed by atoms with E-state index in [1.165, 1.54) is 18.2 Å². The van der Waals surface area contributed by atoms with E-state index in [0.717, 1.165) is 31.2 Å². The molecule has 0 radical (unpaired) electrons. The van der Waals surface area contributed by atoms with Gasteiger partial charge >= 0.3 is 0 Å². The maximum absolute atomic E-state index is 13.8. The van der Waals surface area contributed by atoms with Crippen LogP contribution in [0.1, 0.15) is 41.6 Å². The third-order valence-corrected chi connectivity index (χ3v) is 6.19. The largest absolute Gasteiger partial charge is 0.484 e. The number of hydrogen-bond donors (Lipinski definition) is 2. The van der Waals surface area contributed by atoms with E-state index in [1.807, 2.05) is 36.4 Å². The van der Waals surface area contributed by atoms with Crippen LogP contribution in [0.2, 0.25) is 0 Å². The molecule has 1 saturated carbocycles. The summed E-state index contributed by atoms with van der Waals surface area (Å²) in [6, 6.07) is 21.9. The summed E-state index contributed by atoms with van der Waals surface area (Å²) in [6.07, 6.45) is 3.67. The van der Waals surface area contributed by atoms with Gasteiger partial charge in [0.25, 0.3) is 11.8 Å². The fraction of sp³-hybridized carbons (Fsp3) is 0.286. The summed E-state index contributed by atoms with van der Waals surface area (Å²) >= 11 is 0. The lowest BCUT2D eigenvalue weighted by atomic mass is 9.89. The monoisotopic (exact) mass is 475 g/mol. The second-order valence-corrected chi connectivity index (χ2v) is 8.81. The maximum Gasteiger partial charge on any atom is 0.262 e. The van der Waals surface area contributed by atoms with Crippen molar-refractivity contribution in [3.63, 3.8) is 0 Å². The summed E-state index contributed by atoms with van der Waals surface area (Å²) in [5.74, 6) is -0.372. The number of rotatable bonds is 8. The third-order valence-electron chi connectivity index (χ3n) is 6.19. The Morgan fingerprint density at radius 1 is 0.971 bits per heavy atom. The molecule has 7 heteroatoms. The Balaban J connectivity index is 1.48. The summed E-state index contributed by atoms with van der Waals surface area (Å²) < 4.78 is 19.3. The molecule has 4 rings (SSSR count). The number of benzene rings is 3. The second-order valence-electron chi connectivity index (χ2n) is 8.81. The molecule has 1 fully saturated rings. The predicted molar refractivity (Wildman–Crippen MR) is 134 cm³/mol. The Bertz CT molecular complexity index is 1150. The molecule has 0 bridgehead atoms. The van der Waals surface area contributed by atoms with E-state index >= 15 is 0 Å². The number of anilines is 1. The van der Waals surface area contributed by atoms with Crippen molar-refractivity contribution in [2.75, 3.05) is 11.9 Å². The first kappa shape index (κ1) is 24.4. The van der Waals surface area contributed by atoms with Gasteiger partial charge in [0.1, 0.15) is 11.6 Å². The minimum Gasteiger partial charge on any atom is -0.484 e. The molecule has 2 atom stereocenters. The smallest absolute Gasteiger partial charge is 0.262 e. The number of halogens is 1. The van der Waals surface area contributed by atoms with Crippen molar-refractivity contribution in [2.45, 2.75) is 44.3 Å². The van der Waals surface area contributed by atoms with Gasteiger partial charge in [0, 0.05) is 29.9 Å². The Hall–Kier alpha value is -3.71. The highest BCUT2D eigenvalue weighted by molar-refractivity contribution is 5.94. The van der Waals surface area contributed by atoms with Crippen molar-refractivity contribution in [1.82, 2.24) is 4.90 Å². The number of amides is 2. The van der Waals surface area contributed by atoms with Crippen molar-refractivity contribution >= 4 is 17.5 Å². The van der Waals surface area contributed by atoms with Gasteiger partial charge in [0.05, 0.1) is 0 Å². The van der Waals surface area contributed by atoms with Crippen LogP contribution in [0.3, 0.4) is 0 Å². The van der Waals surface area contributed by atoms with Crippen molar-refractivity contribution in [1.29, 1.82) is 0 Å². The summed E-state index contributed by atoms with van der Waals surface area (Å²) in [7, 11) is 0. The first-order valence-electron chi connectivity index (χ1n) is 11.9. The number of nitrogens with two attached hydrogens (primary N) is 1. The standard InChI is InChI=1S/C28H30FN3O3/c29-22-10-7-9-21(17-22)28(34)32(26-15-5-4-14-25(26)30)18-20-8-6-11-23(16-20)31-27(33)19-35-24-12-2-1-3-13-24/h1-3,6-13,16-17,25-26H,4-5,14-15,18-19,30H2,(H,31,33). The lowest BCUT2D eigenvalue weighted by molar-refractivity contribution is -0.118. The van der Waals surface area contributed by atoms with E-state index in [4.69, 9.17) is 10.5 Å².